The smallest absolute Gasteiger partial charge is 0.323 e. The van der Waals surface area contributed by atoms with Gasteiger partial charge in [-0.15, -0.1) is 11.3 Å². The van der Waals surface area contributed by atoms with Crippen molar-refractivity contribution in [3.05, 3.63) is 51.7 Å². The topological polar surface area (TPSA) is 65.5 Å². The minimum Gasteiger partial charge on any atom is -0.323 e. The Morgan fingerprint density at radius 1 is 1.29 bits per heavy atom. The van der Waals surface area contributed by atoms with Gasteiger partial charge in [0.1, 0.15) is 11.4 Å². The van der Waals surface area contributed by atoms with E-state index in [-0.39, 0.29) is 23.7 Å². The number of aromatic nitrogens is 1. The molecule has 3 heterocycles. The molecule has 0 aliphatic carbocycles. The molecule has 2 aliphatic rings. The molecule has 1 aromatic carbocycles. The number of hydrogen-bond acceptors (Lipinski definition) is 5. The summed E-state index contributed by atoms with van der Waals surface area (Å²) in [5, 5.41) is 3.06. The fourth-order valence-corrected chi connectivity index (χ4v) is 5.68. The van der Waals surface area contributed by atoms with E-state index >= 15 is 0 Å². The van der Waals surface area contributed by atoms with Gasteiger partial charge in [-0.1, -0.05) is 19.1 Å². The van der Waals surface area contributed by atoms with Gasteiger partial charge in [0.05, 0.1) is 11.2 Å². The van der Waals surface area contributed by atoms with Crippen LogP contribution in [-0.4, -0.2) is 51.9 Å². The third-order valence-electron chi connectivity index (χ3n) is 6.75. The van der Waals surface area contributed by atoms with E-state index in [9.17, 15) is 14.0 Å². The maximum Gasteiger partial charge on any atom is 0.325 e. The first-order valence-electron chi connectivity index (χ1n) is 10.9. The highest BCUT2D eigenvalue weighted by molar-refractivity contribution is 7.09. The van der Waals surface area contributed by atoms with E-state index in [0.717, 1.165) is 42.1 Å². The molecule has 31 heavy (non-hydrogen) atoms. The number of urea groups is 1. The van der Waals surface area contributed by atoms with Gasteiger partial charge < -0.3 is 5.32 Å². The summed E-state index contributed by atoms with van der Waals surface area (Å²) in [5.74, 6) is -0.205. The van der Waals surface area contributed by atoms with Crippen molar-refractivity contribution in [2.24, 2.45) is 5.92 Å². The second kappa shape index (κ2) is 9.04. The van der Waals surface area contributed by atoms with Crippen LogP contribution >= 0.6 is 11.3 Å². The maximum absolute atomic E-state index is 13.5. The lowest BCUT2D eigenvalue weighted by Crippen LogP contribution is -2.55. The SMILES string of the molecule is CC[C@]1(C2CCN(Cc3cccc(F)c3)CC2)NC(=O)N(CCc2scnc2C)C1=O. The average Bonchev–Trinajstić information content (AvgIpc) is 3.27. The Morgan fingerprint density at radius 2 is 2.06 bits per heavy atom. The number of piperidine rings is 1. The fraction of sp³-hybridized carbons (Fsp3) is 0.522. The van der Waals surface area contributed by atoms with Crippen LogP contribution in [0, 0.1) is 18.7 Å². The van der Waals surface area contributed by atoms with Crippen LogP contribution in [0.2, 0.25) is 0 Å². The van der Waals surface area contributed by atoms with Crippen LogP contribution in [0.25, 0.3) is 0 Å². The number of likely N-dealkylation sites (tertiary alicyclic amines) is 1. The molecule has 0 bridgehead atoms. The fourth-order valence-electron chi connectivity index (χ4n) is 4.91. The number of aryl methyl sites for hydroxylation is 1. The molecule has 2 fully saturated rings. The minimum absolute atomic E-state index is 0.0919. The van der Waals surface area contributed by atoms with Crippen LogP contribution in [0.3, 0.4) is 0 Å². The summed E-state index contributed by atoms with van der Waals surface area (Å²) in [6, 6.07) is 6.42. The molecule has 4 rings (SSSR count). The number of carbonyl (C=O) groups is 2. The summed E-state index contributed by atoms with van der Waals surface area (Å²) in [6.45, 7) is 6.66. The second-order valence-corrected chi connectivity index (χ2v) is 9.44. The molecule has 3 amide bonds. The third kappa shape index (κ3) is 4.36. The molecular weight excluding hydrogens is 415 g/mol. The van der Waals surface area contributed by atoms with Crippen molar-refractivity contribution in [1.29, 1.82) is 0 Å². The Balaban J connectivity index is 1.39. The molecule has 0 saturated carbocycles. The van der Waals surface area contributed by atoms with Gasteiger partial charge in [0, 0.05) is 24.4 Å². The first-order valence-corrected chi connectivity index (χ1v) is 11.8. The maximum atomic E-state index is 13.5. The van der Waals surface area contributed by atoms with Crippen LogP contribution in [-0.2, 0) is 17.8 Å². The van der Waals surface area contributed by atoms with E-state index in [2.05, 4.69) is 15.2 Å². The number of benzene rings is 1. The summed E-state index contributed by atoms with van der Waals surface area (Å²) in [7, 11) is 0. The lowest BCUT2D eigenvalue weighted by molar-refractivity contribution is -0.134. The number of nitrogens with one attached hydrogen (secondary N) is 1. The Labute approximate surface area is 186 Å². The number of hydrogen-bond donors (Lipinski definition) is 1. The second-order valence-electron chi connectivity index (χ2n) is 8.50. The molecule has 6 nitrogen and oxygen atoms in total. The first kappa shape index (κ1) is 21.9. The monoisotopic (exact) mass is 444 g/mol. The molecule has 0 radical (unpaired) electrons. The molecule has 0 unspecified atom stereocenters. The first-order chi connectivity index (χ1) is 14.9. The summed E-state index contributed by atoms with van der Waals surface area (Å²) in [6.07, 6.45) is 2.89. The molecule has 1 atom stereocenters. The minimum atomic E-state index is -0.815. The summed E-state index contributed by atoms with van der Waals surface area (Å²) in [4.78, 5) is 35.2. The molecule has 2 saturated heterocycles. The van der Waals surface area contributed by atoms with Crippen molar-refractivity contribution < 1.29 is 14.0 Å². The largest absolute Gasteiger partial charge is 0.325 e. The van der Waals surface area contributed by atoms with Crippen LogP contribution < -0.4 is 5.32 Å². The molecular formula is C23H29FN4O2S. The van der Waals surface area contributed by atoms with Crippen molar-refractivity contribution in [2.45, 2.75) is 51.6 Å². The van der Waals surface area contributed by atoms with Crippen LogP contribution in [0.15, 0.2) is 29.8 Å². The van der Waals surface area contributed by atoms with Gasteiger partial charge in [-0.25, -0.2) is 14.2 Å². The number of halogens is 1. The Kier molecular flexibility index (Phi) is 6.39. The molecule has 1 aromatic heterocycles. The van der Waals surface area contributed by atoms with Crippen molar-refractivity contribution in [1.82, 2.24) is 20.1 Å². The lowest BCUT2D eigenvalue weighted by atomic mass is 9.75. The van der Waals surface area contributed by atoms with Crippen LogP contribution in [0.1, 0.15) is 42.3 Å². The summed E-state index contributed by atoms with van der Waals surface area (Å²) < 4.78 is 13.5. The molecule has 8 heteroatoms. The normalized spacial score (nSPS) is 22.9. The number of nitrogens with zero attached hydrogens (tertiary/aromatic N) is 3. The zero-order valence-electron chi connectivity index (χ0n) is 18.1. The highest BCUT2D eigenvalue weighted by atomic mass is 32.1. The molecule has 166 valence electrons. The Hall–Kier alpha value is -2.32. The summed E-state index contributed by atoms with van der Waals surface area (Å²) in [5.41, 5.74) is 2.90. The predicted octanol–water partition coefficient (Wildman–Crippen LogP) is 3.75. The predicted molar refractivity (Wildman–Crippen MR) is 118 cm³/mol. The quantitative estimate of drug-likeness (QED) is 0.661. The zero-order valence-corrected chi connectivity index (χ0v) is 18.9. The van der Waals surface area contributed by atoms with Crippen molar-refractivity contribution in [3.63, 3.8) is 0 Å². The van der Waals surface area contributed by atoms with Gasteiger partial charge >= 0.3 is 6.03 Å². The highest BCUT2D eigenvalue weighted by Crippen LogP contribution is 2.36. The van der Waals surface area contributed by atoms with E-state index in [4.69, 9.17) is 0 Å². The van der Waals surface area contributed by atoms with Crippen molar-refractivity contribution in [2.75, 3.05) is 19.6 Å². The Morgan fingerprint density at radius 3 is 2.71 bits per heavy atom. The number of imide groups is 1. The Bertz CT molecular complexity index is 957. The third-order valence-corrected chi connectivity index (χ3v) is 7.74. The summed E-state index contributed by atoms with van der Waals surface area (Å²) >= 11 is 1.56. The van der Waals surface area contributed by atoms with Gasteiger partial charge in [0.15, 0.2) is 0 Å². The van der Waals surface area contributed by atoms with Gasteiger partial charge in [-0.2, -0.15) is 0 Å². The van der Waals surface area contributed by atoms with E-state index in [0.29, 0.717) is 25.9 Å². The standard InChI is InChI=1S/C23H29FN4O2S/c1-3-23(18-7-10-27(11-8-18)14-17-5-4-6-19(24)13-17)21(29)28(22(30)26-23)12-9-20-16(2)25-15-31-20/h4-6,13,15,18H,3,7-12,14H2,1-2H3,(H,26,30)/t23-/m1/s1. The molecule has 1 N–H and O–H groups in total. The number of carbonyl (C=O) groups excluding carboxylic acids is 2. The highest BCUT2D eigenvalue weighted by Gasteiger charge is 2.54. The number of rotatable bonds is 7. The van der Waals surface area contributed by atoms with E-state index in [1.807, 2.05) is 19.9 Å². The number of amides is 3. The molecule has 2 aromatic rings. The zero-order chi connectivity index (χ0) is 22.0. The van der Waals surface area contributed by atoms with E-state index in [1.54, 1.807) is 29.0 Å². The molecule has 0 spiro atoms. The molecule has 2 aliphatic heterocycles. The van der Waals surface area contributed by atoms with Gasteiger partial charge in [-0.05, 0) is 62.9 Å². The lowest BCUT2D eigenvalue weighted by Gasteiger charge is -2.40. The van der Waals surface area contributed by atoms with Gasteiger partial charge in [-0.3, -0.25) is 14.6 Å². The average molecular weight is 445 g/mol. The van der Waals surface area contributed by atoms with E-state index < -0.39 is 5.54 Å². The van der Waals surface area contributed by atoms with Gasteiger partial charge in [0.25, 0.3) is 5.91 Å². The van der Waals surface area contributed by atoms with Crippen molar-refractivity contribution >= 4 is 23.3 Å². The van der Waals surface area contributed by atoms with Gasteiger partial charge in [0.2, 0.25) is 0 Å². The van der Waals surface area contributed by atoms with Crippen LogP contribution in [0.4, 0.5) is 9.18 Å². The van der Waals surface area contributed by atoms with Crippen molar-refractivity contribution in [3.8, 4) is 0 Å². The van der Waals surface area contributed by atoms with E-state index in [1.165, 1.54) is 11.0 Å². The van der Waals surface area contributed by atoms with Crippen LogP contribution in [0.5, 0.6) is 0 Å². The number of thiazole rings is 1.